The normalized spacial score (nSPS) is 19.1. The van der Waals surface area contributed by atoms with Crippen LogP contribution in [0.3, 0.4) is 0 Å². The van der Waals surface area contributed by atoms with Gasteiger partial charge in [0.15, 0.2) is 0 Å². The fourth-order valence-corrected chi connectivity index (χ4v) is 2.22. The summed E-state index contributed by atoms with van der Waals surface area (Å²) in [6.07, 6.45) is 5.82. The molecule has 1 fully saturated rings. The first-order valence-electron chi connectivity index (χ1n) is 5.16. The van der Waals surface area contributed by atoms with Gasteiger partial charge in [-0.25, -0.2) is 9.97 Å². The Hall–Kier alpha value is -0.430. The highest BCUT2D eigenvalue weighted by atomic mass is 127. The van der Waals surface area contributed by atoms with E-state index in [1.54, 1.807) is 6.33 Å². The van der Waals surface area contributed by atoms with Gasteiger partial charge in [0.05, 0.1) is 3.57 Å². The molecule has 0 radical (unpaired) electrons. The van der Waals surface area contributed by atoms with E-state index in [2.05, 4.69) is 49.8 Å². The first-order chi connectivity index (χ1) is 7.25. The summed E-state index contributed by atoms with van der Waals surface area (Å²) in [5, 5.41) is 3.48. The van der Waals surface area contributed by atoms with Gasteiger partial charge in [-0.05, 0) is 55.6 Å². The van der Waals surface area contributed by atoms with E-state index >= 15 is 0 Å². The SMILES string of the molecule is CN1CCC(Nc2ncncc2I)CC1. The molecule has 2 rings (SSSR count). The maximum Gasteiger partial charge on any atom is 0.143 e. The molecule has 2 heterocycles. The first-order valence-corrected chi connectivity index (χ1v) is 6.24. The second-order valence-electron chi connectivity index (χ2n) is 3.94. The number of halogens is 1. The predicted molar refractivity (Wildman–Crippen MR) is 68.9 cm³/mol. The zero-order chi connectivity index (χ0) is 10.7. The van der Waals surface area contributed by atoms with Crippen molar-refractivity contribution in [2.75, 3.05) is 25.5 Å². The maximum absolute atomic E-state index is 4.25. The van der Waals surface area contributed by atoms with Crippen molar-refractivity contribution >= 4 is 28.4 Å². The van der Waals surface area contributed by atoms with Gasteiger partial charge >= 0.3 is 0 Å². The van der Waals surface area contributed by atoms with Gasteiger partial charge in [-0.15, -0.1) is 0 Å². The molecule has 0 amide bonds. The summed E-state index contributed by atoms with van der Waals surface area (Å²) in [7, 11) is 2.17. The lowest BCUT2D eigenvalue weighted by Crippen LogP contribution is -2.37. The quantitative estimate of drug-likeness (QED) is 0.841. The smallest absolute Gasteiger partial charge is 0.143 e. The molecule has 0 unspecified atom stereocenters. The second-order valence-corrected chi connectivity index (χ2v) is 5.10. The predicted octanol–water partition coefficient (Wildman–Crippen LogP) is 1.59. The van der Waals surface area contributed by atoms with E-state index < -0.39 is 0 Å². The molecule has 1 saturated heterocycles. The Morgan fingerprint density at radius 3 is 2.87 bits per heavy atom. The van der Waals surface area contributed by atoms with E-state index in [1.807, 2.05) is 6.20 Å². The van der Waals surface area contributed by atoms with Crippen molar-refractivity contribution in [3.05, 3.63) is 16.1 Å². The van der Waals surface area contributed by atoms with Crippen molar-refractivity contribution in [2.45, 2.75) is 18.9 Å². The van der Waals surface area contributed by atoms with E-state index in [0.29, 0.717) is 6.04 Å². The summed E-state index contributed by atoms with van der Waals surface area (Å²) in [6, 6.07) is 0.560. The molecule has 0 bridgehead atoms. The van der Waals surface area contributed by atoms with Crippen LogP contribution < -0.4 is 5.32 Å². The minimum Gasteiger partial charge on any atom is -0.366 e. The van der Waals surface area contributed by atoms with Crippen LogP contribution in [0.25, 0.3) is 0 Å². The van der Waals surface area contributed by atoms with Crippen LogP contribution in [0.5, 0.6) is 0 Å². The third-order valence-electron chi connectivity index (χ3n) is 2.73. The highest BCUT2D eigenvalue weighted by molar-refractivity contribution is 14.1. The molecule has 0 spiro atoms. The average molecular weight is 318 g/mol. The molecule has 1 aliphatic heterocycles. The van der Waals surface area contributed by atoms with Crippen LogP contribution in [0, 0.1) is 3.57 Å². The number of piperidine rings is 1. The van der Waals surface area contributed by atoms with E-state index in [1.165, 1.54) is 25.9 Å². The molecule has 82 valence electrons. The van der Waals surface area contributed by atoms with Gasteiger partial charge < -0.3 is 10.2 Å². The van der Waals surface area contributed by atoms with E-state index in [-0.39, 0.29) is 0 Å². The zero-order valence-corrected chi connectivity index (χ0v) is 10.9. The molecule has 1 aromatic heterocycles. The van der Waals surface area contributed by atoms with Gasteiger partial charge in [0.1, 0.15) is 12.1 Å². The molecule has 0 aromatic carbocycles. The van der Waals surface area contributed by atoms with Crippen molar-refractivity contribution in [1.29, 1.82) is 0 Å². The number of aromatic nitrogens is 2. The lowest BCUT2D eigenvalue weighted by Gasteiger charge is -2.29. The van der Waals surface area contributed by atoms with Crippen LogP contribution >= 0.6 is 22.6 Å². The van der Waals surface area contributed by atoms with Crippen molar-refractivity contribution in [2.24, 2.45) is 0 Å². The monoisotopic (exact) mass is 318 g/mol. The van der Waals surface area contributed by atoms with Crippen LogP contribution in [0.1, 0.15) is 12.8 Å². The lowest BCUT2D eigenvalue weighted by atomic mass is 10.1. The Morgan fingerprint density at radius 2 is 2.20 bits per heavy atom. The molecule has 5 heteroatoms. The van der Waals surface area contributed by atoms with Gasteiger partial charge in [-0.3, -0.25) is 0 Å². The molecule has 0 aliphatic carbocycles. The number of hydrogen-bond acceptors (Lipinski definition) is 4. The highest BCUT2D eigenvalue weighted by Gasteiger charge is 2.17. The van der Waals surface area contributed by atoms with Gasteiger partial charge in [-0.2, -0.15) is 0 Å². The number of hydrogen-bond donors (Lipinski definition) is 1. The number of rotatable bonds is 2. The molecule has 0 atom stereocenters. The van der Waals surface area contributed by atoms with E-state index in [0.717, 1.165) is 9.39 Å². The minimum absolute atomic E-state index is 0.560. The fourth-order valence-electron chi connectivity index (χ4n) is 1.77. The Kier molecular flexibility index (Phi) is 3.74. The summed E-state index contributed by atoms with van der Waals surface area (Å²) in [4.78, 5) is 10.6. The van der Waals surface area contributed by atoms with Crippen LogP contribution in [0.4, 0.5) is 5.82 Å². The molecule has 1 aromatic rings. The molecule has 0 saturated carbocycles. The molecular formula is C10H15IN4. The molecule has 4 nitrogen and oxygen atoms in total. The number of nitrogens with one attached hydrogen (secondary N) is 1. The average Bonchev–Trinajstić information content (AvgIpc) is 2.25. The minimum atomic E-state index is 0.560. The fraction of sp³-hybridized carbons (Fsp3) is 0.600. The summed E-state index contributed by atoms with van der Waals surface area (Å²) in [5.74, 6) is 0.972. The second kappa shape index (κ2) is 5.07. The Bertz CT molecular complexity index is 323. The first kappa shape index (κ1) is 11.1. The van der Waals surface area contributed by atoms with Crippen LogP contribution in [0.15, 0.2) is 12.5 Å². The maximum atomic E-state index is 4.25. The van der Waals surface area contributed by atoms with Gasteiger partial charge in [-0.1, -0.05) is 0 Å². The molecule has 1 aliphatic rings. The number of nitrogens with zero attached hydrogens (tertiary/aromatic N) is 3. The van der Waals surface area contributed by atoms with Crippen LogP contribution in [0.2, 0.25) is 0 Å². The molecule has 15 heavy (non-hydrogen) atoms. The molecular weight excluding hydrogens is 303 g/mol. The number of likely N-dealkylation sites (tertiary alicyclic amines) is 1. The zero-order valence-electron chi connectivity index (χ0n) is 8.78. The summed E-state index contributed by atoms with van der Waals surface area (Å²) in [6.45, 7) is 2.33. The van der Waals surface area contributed by atoms with E-state index in [4.69, 9.17) is 0 Å². The van der Waals surface area contributed by atoms with Gasteiger partial charge in [0, 0.05) is 12.2 Å². The third-order valence-corrected chi connectivity index (χ3v) is 3.52. The Balaban J connectivity index is 1.95. The van der Waals surface area contributed by atoms with Crippen molar-refractivity contribution < 1.29 is 0 Å². The standard InChI is InChI=1S/C10H15IN4/c1-15-4-2-8(3-5-15)14-10-9(11)6-12-7-13-10/h6-8H,2-5H2,1H3,(H,12,13,14). The Labute approximate surface area is 104 Å². The van der Waals surface area contributed by atoms with Gasteiger partial charge in [0.25, 0.3) is 0 Å². The van der Waals surface area contributed by atoms with Crippen LogP contribution in [-0.4, -0.2) is 41.0 Å². The van der Waals surface area contributed by atoms with Gasteiger partial charge in [0.2, 0.25) is 0 Å². The summed E-state index contributed by atoms with van der Waals surface area (Å²) < 4.78 is 1.09. The van der Waals surface area contributed by atoms with Crippen molar-refractivity contribution in [3.63, 3.8) is 0 Å². The Morgan fingerprint density at radius 1 is 1.47 bits per heavy atom. The topological polar surface area (TPSA) is 41.0 Å². The molecule has 1 N–H and O–H groups in total. The van der Waals surface area contributed by atoms with E-state index in [9.17, 15) is 0 Å². The largest absolute Gasteiger partial charge is 0.366 e. The summed E-state index contributed by atoms with van der Waals surface area (Å²) in [5.41, 5.74) is 0. The third kappa shape index (κ3) is 3.01. The van der Waals surface area contributed by atoms with Crippen molar-refractivity contribution in [3.8, 4) is 0 Å². The van der Waals surface area contributed by atoms with Crippen LogP contribution in [-0.2, 0) is 0 Å². The number of anilines is 1. The van der Waals surface area contributed by atoms with Crippen molar-refractivity contribution in [1.82, 2.24) is 14.9 Å². The highest BCUT2D eigenvalue weighted by Crippen LogP contribution is 2.17. The summed E-state index contributed by atoms with van der Waals surface area (Å²) >= 11 is 2.26. The lowest BCUT2D eigenvalue weighted by molar-refractivity contribution is 0.263.